The molecule has 2 unspecified atom stereocenters. The van der Waals surface area contributed by atoms with Gasteiger partial charge in [-0.3, -0.25) is 0 Å². The predicted octanol–water partition coefficient (Wildman–Crippen LogP) is 4.00. The number of thioether (sulfide) groups is 1. The van der Waals surface area contributed by atoms with Gasteiger partial charge in [0, 0.05) is 24.2 Å². The average Bonchev–Trinajstić information content (AvgIpc) is 2.89. The Bertz CT molecular complexity index is 477. The SMILES string of the molecule is Fc1cccc(CCl)c1OC1CCOC2(CCSC2)C1. The zero-order valence-corrected chi connectivity index (χ0v) is 12.8. The zero-order chi connectivity index (χ0) is 14.0. The summed E-state index contributed by atoms with van der Waals surface area (Å²) in [6, 6.07) is 4.90. The second-order valence-corrected chi connectivity index (χ2v) is 6.80. The first kappa shape index (κ1) is 14.5. The molecule has 1 aromatic rings. The van der Waals surface area contributed by atoms with Crippen molar-refractivity contribution in [1.29, 1.82) is 0 Å². The summed E-state index contributed by atoms with van der Waals surface area (Å²) in [4.78, 5) is 0. The van der Waals surface area contributed by atoms with Crippen LogP contribution in [0.5, 0.6) is 5.75 Å². The van der Waals surface area contributed by atoms with Gasteiger partial charge in [-0.1, -0.05) is 12.1 Å². The smallest absolute Gasteiger partial charge is 0.165 e. The third kappa shape index (κ3) is 2.92. The number of ether oxygens (including phenoxy) is 2. The van der Waals surface area contributed by atoms with E-state index in [1.165, 1.54) is 6.07 Å². The van der Waals surface area contributed by atoms with Crippen molar-refractivity contribution in [1.82, 2.24) is 0 Å². The van der Waals surface area contributed by atoms with Gasteiger partial charge in [-0.2, -0.15) is 11.8 Å². The second kappa shape index (κ2) is 6.12. The molecule has 5 heteroatoms. The summed E-state index contributed by atoms with van der Waals surface area (Å²) in [6.45, 7) is 0.690. The molecule has 1 spiro atoms. The van der Waals surface area contributed by atoms with Crippen molar-refractivity contribution < 1.29 is 13.9 Å². The van der Waals surface area contributed by atoms with Crippen LogP contribution in [-0.2, 0) is 10.6 Å². The quantitative estimate of drug-likeness (QED) is 0.785. The summed E-state index contributed by atoms with van der Waals surface area (Å²) in [5, 5.41) is 0. The summed E-state index contributed by atoms with van der Waals surface area (Å²) < 4.78 is 25.8. The van der Waals surface area contributed by atoms with Crippen molar-refractivity contribution >= 4 is 23.4 Å². The molecule has 2 fully saturated rings. The molecule has 0 N–H and O–H groups in total. The Balaban J connectivity index is 1.74. The van der Waals surface area contributed by atoms with Crippen molar-refractivity contribution in [2.75, 3.05) is 18.1 Å². The third-order valence-electron chi connectivity index (χ3n) is 3.99. The highest BCUT2D eigenvalue weighted by Gasteiger charge is 2.41. The number of halogens is 2. The van der Waals surface area contributed by atoms with E-state index in [0.29, 0.717) is 17.9 Å². The van der Waals surface area contributed by atoms with Crippen LogP contribution in [0.3, 0.4) is 0 Å². The van der Waals surface area contributed by atoms with E-state index in [1.54, 1.807) is 6.07 Å². The van der Waals surface area contributed by atoms with Crippen LogP contribution in [0.1, 0.15) is 24.8 Å². The van der Waals surface area contributed by atoms with Gasteiger partial charge < -0.3 is 9.47 Å². The van der Waals surface area contributed by atoms with Crippen LogP contribution in [0.2, 0.25) is 0 Å². The molecular formula is C15H18ClFO2S. The maximum atomic E-state index is 13.9. The highest BCUT2D eigenvalue weighted by Crippen LogP contribution is 2.39. The summed E-state index contributed by atoms with van der Waals surface area (Å²) in [6.07, 6.45) is 2.73. The Hall–Kier alpha value is -0.450. The molecule has 0 bridgehead atoms. The van der Waals surface area contributed by atoms with E-state index in [9.17, 15) is 4.39 Å². The van der Waals surface area contributed by atoms with Crippen LogP contribution >= 0.6 is 23.4 Å². The van der Waals surface area contributed by atoms with E-state index >= 15 is 0 Å². The number of benzene rings is 1. The van der Waals surface area contributed by atoms with Crippen molar-refractivity contribution in [3.63, 3.8) is 0 Å². The molecule has 2 atom stereocenters. The van der Waals surface area contributed by atoms with Gasteiger partial charge >= 0.3 is 0 Å². The largest absolute Gasteiger partial charge is 0.487 e. The van der Waals surface area contributed by atoms with Crippen LogP contribution in [0, 0.1) is 5.82 Å². The van der Waals surface area contributed by atoms with Gasteiger partial charge in [0.15, 0.2) is 11.6 Å². The fraction of sp³-hybridized carbons (Fsp3) is 0.600. The number of para-hydroxylation sites is 1. The first-order chi connectivity index (χ1) is 9.72. The molecule has 0 saturated carbocycles. The first-order valence-electron chi connectivity index (χ1n) is 6.94. The number of alkyl halides is 1. The Kier molecular flexibility index (Phi) is 4.43. The molecule has 3 rings (SSSR count). The van der Waals surface area contributed by atoms with Gasteiger partial charge in [0.05, 0.1) is 18.1 Å². The maximum Gasteiger partial charge on any atom is 0.165 e. The summed E-state index contributed by atoms with van der Waals surface area (Å²) in [7, 11) is 0. The Morgan fingerprint density at radius 2 is 2.40 bits per heavy atom. The summed E-state index contributed by atoms with van der Waals surface area (Å²) in [5.74, 6) is 2.41. The van der Waals surface area contributed by atoms with Crippen LogP contribution in [0.25, 0.3) is 0 Å². The molecule has 2 saturated heterocycles. The van der Waals surface area contributed by atoms with E-state index in [-0.39, 0.29) is 23.4 Å². The average molecular weight is 317 g/mol. The highest BCUT2D eigenvalue weighted by atomic mass is 35.5. The van der Waals surface area contributed by atoms with Gasteiger partial charge in [-0.05, 0) is 18.2 Å². The normalized spacial score (nSPS) is 29.8. The lowest BCUT2D eigenvalue weighted by atomic mass is 9.91. The fourth-order valence-corrected chi connectivity index (χ4v) is 4.49. The minimum atomic E-state index is -0.329. The minimum Gasteiger partial charge on any atom is -0.487 e. The Labute approximate surface area is 128 Å². The van der Waals surface area contributed by atoms with Crippen molar-refractivity contribution in [3.05, 3.63) is 29.6 Å². The van der Waals surface area contributed by atoms with Gasteiger partial charge in [-0.15, -0.1) is 11.6 Å². The van der Waals surface area contributed by atoms with Crippen LogP contribution < -0.4 is 4.74 Å². The topological polar surface area (TPSA) is 18.5 Å². The van der Waals surface area contributed by atoms with Gasteiger partial charge in [0.25, 0.3) is 0 Å². The molecule has 2 aliphatic heterocycles. The van der Waals surface area contributed by atoms with Crippen LogP contribution in [0.15, 0.2) is 18.2 Å². The lowest BCUT2D eigenvalue weighted by Crippen LogP contribution is -2.44. The van der Waals surface area contributed by atoms with E-state index in [0.717, 1.165) is 30.8 Å². The van der Waals surface area contributed by atoms with E-state index in [4.69, 9.17) is 21.1 Å². The minimum absolute atomic E-state index is 0.0151. The fourth-order valence-electron chi connectivity index (χ4n) is 2.90. The van der Waals surface area contributed by atoms with Gasteiger partial charge in [0.1, 0.15) is 6.10 Å². The number of hydrogen-bond acceptors (Lipinski definition) is 3. The van der Waals surface area contributed by atoms with Crippen molar-refractivity contribution in [2.45, 2.75) is 36.8 Å². The molecule has 0 aliphatic carbocycles. The Morgan fingerprint density at radius 1 is 1.50 bits per heavy atom. The van der Waals surface area contributed by atoms with Crippen LogP contribution in [-0.4, -0.2) is 29.8 Å². The molecule has 2 aliphatic rings. The maximum absolute atomic E-state index is 13.9. The second-order valence-electron chi connectivity index (χ2n) is 5.43. The van der Waals surface area contributed by atoms with Gasteiger partial charge in [-0.25, -0.2) is 4.39 Å². The number of hydrogen-bond donors (Lipinski definition) is 0. The molecule has 20 heavy (non-hydrogen) atoms. The van der Waals surface area contributed by atoms with Crippen molar-refractivity contribution in [2.24, 2.45) is 0 Å². The lowest BCUT2D eigenvalue weighted by Gasteiger charge is -2.37. The summed E-state index contributed by atoms with van der Waals surface area (Å²) >= 11 is 7.79. The first-order valence-corrected chi connectivity index (χ1v) is 8.63. The molecule has 2 heterocycles. The molecule has 0 amide bonds. The van der Waals surface area contributed by atoms with Crippen LogP contribution in [0.4, 0.5) is 4.39 Å². The monoisotopic (exact) mass is 316 g/mol. The van der Waals surface area contributed by atoms with E-state index in [1.807, 2.05) is 17.8 Å². The molecule has 0 radical (unpaired) electrons. The molecule has 2 nitrogen and oxygen atoms in total. The predicted molar refractivity (Wildman–Crippen MR) is 80.2 cm³/mol. The Morgan fingerprint density at radius 3 is 3.15 bits per heavy atom. The van der Waals surface area contributed by atoms with E-state index in [2.05, 4.69) is 0 Å². The molecule has 1 aromatic carbocycles. The molecule has 110 valence electrons. The van der Waals surface area contributed by atoms with Crippen molar-refractivity contribution in [3.8, 4) is 5.75 Å². The third-order valence-corrected chi connectivity index (χ3v) is 5.50. The van der Waals surface area contributed by atoms with E-state index < -0.39 is 0 Å². The zero-order valence-electron chi connectivity index (χ0n) is 11.2. The number of rotatable bonds is 3. The standard InChI is InChI=1S/C15H18ClFO2S/c16-9-11-2-1-3-13(17)14(11)19-12-4-6-18-15(8-12)5-7-20-10-15/h1-3,12H,4-10H2. The lowest BCUT2D eigenvalue weighted by molar-refractivity contribution is -0.0965. The highest BCUT2D eigenvalue weighted by molar-refractivity contribution is 7.99. The molecule has 0 aromatic heterocycles. The van der Waals surface area contributed by atoms with Gasteiger partial charge in [0.2, 0.25) is 0 Å². The molecular weight excluding hydrogens is 299 g/mol. The summed E-state index contributed by atoms with van der Waals surface area (Å²) in [5.41, 5.74) is 0.660.